The van der Waals surface area contributed by atoms with Crippen molar-refractivity contribution < 1.29 is 4.74 Å². The Balaban J connectivity index is 1.98. The van der Waals surface area contributed by atoms with Crippen LogP contribution in [-0.4, -0.2) is 40.1 Å². The first-order chi connectivity index (χ1) is 11.1. The zero-order valence-corrected chi connectivity index (χ0v) is 13.7. The molecule has 0 saturated carbocycles. The van der Waals surface area contributed by atoms with E-state index in [-0.39, 0.29) is 5.84 Å². The second-order valence-corrected chi connectivity index (χ2v) is 4.99. The Hall–Kier alpha value is -2.74. The Kier molecular flexibility index (Phi) is 5.81. The minimum absolute atomic E-state index is 0.197. The molecule has 0 unspecified atom stereocenters. The lowest BCUT2D eigenvalue weighted by molar-refractivity contribution is 0.395. The van der Waals surface area contributed by atoms with Crippen molar-refractivity contribution in [2.24, 2.45) is 10.8 Å². The van der Waals surface area contributed by atoms with Crippen LogP contribution in [-0.2, 0) is 6.54 Å². The number of hydrogen-bond donors (Lipinski definition) is 2. The fraction of sp³-hybridized carbons (Fsp3) is 0.200. The third-order valence-corrected chi connectivity index (χ3v) is 3.33. The zero-order valence-electron chi connectivity index (χ0n) is 12.9. The quantitative estimate of drug-likeness (QED) is 0.367. The lowest BCUT2D eigenvalue weighted by atomic mass is 10.2. The van der Waals surface area contributed by atoms with Crippen molar-refractivity contribution >= 4 is 23.2 Å². The molecule has 3 N–H and O–H groups in total. The summed E-state index contributed by atoms with van der Waals surface area (Å²) in [7, 11) is 3.22. The van der Waals surface area contributed by atoms with Gasteiger partial charge in [0.25, 0.3) is 0 Å². The average Bonchev–Trinajstić information content (AvgIpc) is 2.60. The summed E-state index contributed by atoms with van der Waals surface area (Å²) in [5.41, 5.74) is 7.47. The summed E-state index contributed by atoms with van der Waals surface area (Å²) in [5.74, 6) is 0.566. The molecule has 0 spiro atoms. The van der Waals surface area contributed by atoms with Gasteiger partial charge >= 0.3 is 0 Å². The number of nitrogens with two attached hydrogens (primary N) is 1. The topological polar surface area (TPSA) is 88.7 Å². The van der Waals surface area contributed by atoms with Gasteiger partial charge in [-0.2, -0.15) is 5.10 Å². The fourth-order valence-electron chi connectivity index (χ4n) is 1.72. The van der Waals surface area contributed by atoms with Gasteiger partial charge in [0.2, 0.25) is 5.88 Å². The van der Waals surface area contributed by atoms with Crippen LogP contribution in [0.1, 0.15) is 11.3 Å². The molecule has 0 saturated heterocycles. The highest BCUT2D eigenvalue weighted by Crippen LogP contribution is 2.04. The Morgan fingerprint density at radius 1 is 1.35 bits per heavy atom. The number of hydrogen-bond acceptors (Lipinski definition) is 5. The van der Waals surface area contributed by atoms with Crippen molar-refractivity contribution in [3.05, 3.63) is 54.0 Å². The van der Waals surface area contributed by atoms with Crippen molar-refractivity contribution in [1.29, 1.82) is 0 Å². The molecule has 120 valence electrons. The Morgan fingerprint density at radius 3 is 2.78 bits per heavy atom. The van der Waals surface area contributed by atoms with Gasteiger partial charge in [-0.3, -0.25) is 4.98 Å². The van der Waals surface area contributed by atoms with Crippen molar-refractivity contribution in [3.63, 3.8) is 0 Å². The van der Waals surface area contributed by atoms with Gasteiger partial charge in [-0.15, -0.1) is 0 Å². The summed E-state index contributed by atoms with van der Waals surface area (Å²) in [6.07, 6.45) is 3.00. The van der Waals surface area contributed by atoms with Crippen LogP contribution in [0, 0.1) is 0 Å². The van der Waals surface area contributed by atoms with Crippen LogP contribution < -0.4 is 15.8 Å². The highest BCUT2D eigenvalue weighted by molar-refractivity contribution is 7.80. The number of nitrogens with one attached hydrogen (secondary N) is 1. The first-order valence-corrected chi connectivity index (χ1v) is 7.27. The van der Waals surface area contributed by atoms with E-state index in [9.17, 15) is 0 Å². The number of rotatable bonds is 5. The molecule has 0 fully saturated rings. The highest BCUT2D eigenvalue weighted by atomic mass is 32.1. The molecule has 0 radical (unpaired) electrons. The standard InChI is InChI=1S/C15H18N6OS/c1-21(15(23)18-8-11-6-4-3-5-7-11)20-14(16)12-9-17-10-13(19-12)22-2/h3-7,9-10H,8H2,1-2H3,(H2,16,20)(H,18,23). The van der Waals surface area contributed by atoms with Gasteiger partial charge in [0, 0.05) is 13.6 Å². The summed E-state index contributed by atoms with van der Waals surface area (Å²) in [4.78, 5) is 8.16. The van der Waals surface area contributed by atoms with Crippen molar-refractivity contribution in [1.82, 2.24) is 20.3 Å². The normalized spacial score (nSPS) is 11.0. The molecule has 0 bridgehead atoms. The Morgan fingerprint density at radius 2 is 2.09 bits per heavy atom. The Labute approximate surface area is 140 Å². The zero-order chi connectivity index (χ0) is 16.7. The third kappa shape index (κ3) is 4.89. The van der Waals surface area contributed by atoms with Crippen LogP contribution >= 0.6 is 12.2 Å². The van der Waals surface area contributed by atoms with Gasteiger partial charge in [0.15, 0.2) is 10.9 Å². The monoisotopic (exact) mass is 330 g/mol. The predicted octanol–water partition coefficient (Wildman–Crippen LogP) is 1.11. The number of aromatic nitrogens is 2. The minimum Gasteiger partial charge on any atom is -0.480 e. The number of thiocarbonyl (C=S) groups is 1. The van der Waals surface area contributed by atoms with Gasteiger partial charge in [0.05, 0.1) is 19.5 Å². The van der Waals surface area contributed by atoms with E-state index in [4.69, 9.17) is 22.7 Å². The van der Waals surface area contributed by atoms with E-state index in [1.807, 2.05) is 30.3 Å². The lowest BCUT2D eigenvalue weighted by Gasteiger charge is -2.16. The number of hydrazone groups is 1. The maximum absolute atomic E-state index is 5.93. The van der Waals surface area contributed by atoms with Crippen LogP contribution in [0.15, 0.2) is 47.8 Å². The molecule has 2 aromatic rings. The largest absolute Gasteiger partial charge is 0.480 e. The van der Waals surface area contributed by atoms with Crippen LogP contribution in [0.5, 0.6) is 5.88 Å². The summed E-state index contributed by atoms with van der Waals surface area (Å²) >= 11 is 5.28. The summed E-state index contributed by atoms with van der Waals surface area (Å²) < 4.78 is 5.01. The molecule has 23 heavy (non-hydrogen) atoms. The third-order valence-electron chi connectivity index (χ3n) is 2.92. The molecule has 0 aliphatic heterocycles. The molecule has 2 rings (SSSR count). The molecule has 0 aliphatic carbocycles. The van der Waals surface area contributed by atoms with Gasteiger partial charge < -0.3 is 15.8 Å². The molecule has 7 nitrogen and oxygen atoms in total. The first-order valence-electron chi connectivity index (χ1n) is 6.86. The van der Waals surface area contributed by atoms with Crippen LogP contribution in [0.25, 0.3) is 0 Å². The molecule has 1 heterocycles. The predicted molar refractivity (Wildman–Crippen MR) is 93.0 cm³/mol. The van der Waals surface area contributed by atoms with E-state index < -0.39 is 0 Å². The number of benzene rings is 1. The van der Waals surface area contributed by atoms with E-state index >= 15 is 0 Å². The van der Waals surface area contributed by atoms with Gasteiger partial charge in [-0.25, -0.2) is 9.99 Å². The van der Waals surface area contributed by atoms with Gasteiger partial charge in [-0.1, -0.05) is 30.3 Å². The molecular weight excluding hydrogens is 312 g/mol. The van der Waals surface area contributed by atoms with Crippen molar-refractivity contribution in [3.8, 4) is 5.88 Å². The number of ether oxygens (including phenoxy) is 1. The molecule has 8 heteroatoms. The molecular formula is C15H18N6OS. The average molecular weight is 330 g/mol. The molecule has 0 aliphatic rings. The second kappa shape index (κ2) is 8.04. The van der Waals surface area contributed by atoms with Gasteiger partial charge in [-0.05, 0) is 17.8 Å². The van der Waals surface area contributed by atoms with Gasteiger partial charge in [0.1, 0.15) is 5.69 Å². The van der Waals surface area contributed by atoms with E-state index in [1.165, 1.54) is 24.5 Å². The van der Waals surface area contributed by atoms with Crippen molar-refractivity contribution in [2.45, 2.75) is 6.54 Å². The molecule has 1 aromatic heterocycles. The highest BCUT2D eigenvalue weighted by Gasteiger charge is 2.07. The number of nitrogens with zero attached hydrogens (tertiary/aromatic N) is 4. The van der Waals surface area contributed by atoms with E-state index in [2.05, 4.69) is 20.4 Å². The maximum atomic E-state index is 5.93. The SMILES string of the molecule is COc1cncc(/C(N)=N/N(C)C(=S)NCc2ccccc2)n1. The molecule has 0 atom stereocenters. The summed E-state index contributed by atoms with van der Waals surface area (Å²) in [6.45, 7) is 0.610. The van der Waals surface area contributed by atoms with Crippen molar-refractivity contribution in [2.75, 3.05) is 14.2 Å². The number of methoxy groups -OCH3 is 1. The summed E-state index contributed by atoms with van der Waals surface area (Å²) in [5, 5.41) is 9.25. The lowest BCUT2D eigenvalue weighted by Crippen LogP contribution is -2.35. The molecule has 1 aromatic carbocycles. The maximum Gasteiger partial charge on any atom is 0.232 e. The summed E-state index contributed by atoms with van der Waals surface area (Å²) in [6, 6.07) is 9.94. The molecule has 0 amide bonds. The first kappa shape index (κ1) is 16.6. The Bertz CT molecular complexity index is 691. The minimum atomic E-state index is 0.197. The smallest absolute Gasteiger partial charge is 0.232 e. The van der Waals surface area contributed by atoms with Crippen LogP contribution in [0.3, 0.4) is 0 Å². The second-order valence-electron chi connectivity index (χ2n) is 4.60. The number of amidine groups is 1. The van der Waals surface area contributed by atoms with E-state index in [0.717, 1.165) is 5.56 Å². The van der Waals surface area contributed by atoms with Crippen LogP contribution in [0.4, 0.5) is 0 Å². The van der Waals surface area contributed by atoms with E-state index in [1.54, 1.807) is 7.05 Å². The van der Waals surface area contributed by atoms with Crippen LogP contribution in [0.2, 0.25) is 0 Å². The fourth-order valence-corrected chi connectivity index (χ4v) is 1.83. The van der Waals surface area contributed by atoms with E-state index in [0.29, 0.717) is 23.2 Å².